The average Bonchev–Trinajstić information content (AvgIpc) is 3.30. The smallest absolute Gasteiger partial charge is 0.407 e. The molecule has 0 aliphatic heterocycles. The van der Waals surface area contributed by atoms with Crippen LogP contribution in [-0.2, 0) is 16.6 Å². The highest BCUT2D eigenvalue weighted by Gasteiger charge is 2.29. The highest BCUT2D eigenvalue weighted by Crippen LogP contribution is 2.44. The van der Waals surface area contributed by atoms with Gasteiger partial charge in [0.25, 0.3) is 0 Å². The van der Waals surface area contributed by atoms with Crippen LogP contribution < -0.4 is 10.6 Å². The topological polar surface area (TPSA) is 123 Å². The van der Waals surface area contributed by atoms with Crippen LogP contribution in [0.3, 0.4) is 0 Å². The van der Waals surface area contributed by atoms with Gasteiger partial charge in [-0.05, 0) is 29.2 Å². The number of nitrogens with one attached hydrogen (secondary N) is 2. The lowest BCUT2D eigenvalue weighted by atomic mass is 9.98. The maximum absolute atomic E-state index is 12.4. The minimum Gasteiger partial charge on any atom is -0.477 e. The van der Waals surface area contributed by atoms with E-state index in [0.717, 1.165) is 28.5 Å². The number of carboxylic acids is 1. The monoisotopic (exact) mass is 448 g/mol. The molecule has 1 atom stereocenters. The number of aromatic carboxylic acids is 1. The summed E-state index contributed by atoms with van der Waals surface area (Å²) in [5.74, 6) is -1.61. The molecule has 0 saturated carbocycles. The van der Waals surface area contributed by atoms with E-state index in [9.17, 15) is 19.5 Å². The molecular formula is C24H24N4O5. The van der Waals surface area contributed by atoms with Crippen molar-refractivity contribution < 1.29 is 24.2 Å². The molecule has 1 aromatic heterocycles. The second-order valence-electron chi connectivity index (χ2n) is 7.96. The van der Waals surface area contributed by atoms with Crippen LogP contribution in [0.25, 0.3) is 11.1 Å². The summed E-state index contributed by atoms with van der Waals surface area (Å²) in [6.45, 7) is 1.85. The molecule has 0 saturated heterocycles. The van der Waals surface area contributed by atoms with Crippen molar-refractivity contribution in [1.82, 2.24) is 15.1 Å². The number of hydrogen-bond donors (Lipinski definition) is 3. The van der Waals surface area contributed by atoms with Gasteiger partial charge in [0.15, 0.2) is 0 Å². The molecule has 0 fully saturated rings. The number of nitrogens with zero attached hydrogens (tertiary/aromatic N) is 2. The summed E-state index contributed by atoms with van der Waals surface area (Å²) in [5.41, 5.74) is 4.41. The van der Waals surface area contributed by atoms with E-state index < -0.39 is 24.0 Å². The molecule has 2 amide bonds. The maximum Gasteiger partial charge on any atom is 0.407 e. The highest BCUT2D eigenvalue weighted by atomic mass is 16.5. The SMILES string of the molecule is C[C@H](CC(=O)Nc1c(C(=O)O)cnn1C)NC(=O)OCC1c2ccccc2-c2ccccc21. The Morgan fingerprint density at radius 3 is 2.30 bits per heavy atom. The Morgan fingerprint density at radius 2 is 1.70 bits per heavy atom. The Labute approximate surface area is 190 Å². The van der Waals surface area contributed by atoms with E-state index in [1.807, 2.05) is 36.4 Å². The number of hydrogen-bond acceptors (Lipinski definition) is 5. The minimum atomic E-state index is -1.19. The third-order valence-corrected chi connectivity index (χ3v) is 5.63. The zero-order valence-corrected chi connectivity index (χ0v) is 18.2. The summed E-state index contributed by atoms with van der Waals surface area (Å²) < 4.78 is 6.76. The molecule has 3 N–H and O–H groups in total. The van der Waals surface area contributed by atoms with Gasteiger partial charge in [0.1, 0.15) is 18.0 Å². The lowest BCUT2D eigenvalue weighted by molar-refractivity contribution is -0.116. The third-order valence-electron chi connectivity index (χ3n) is 5.63. The Bertz CT molecular complexity index is 1170. The molecule has 1 aliphatic rings. The average molecular weight is 448 g/mol. The summed E-state index contributed by atoms with van der Waals surface area (Å²) in [4.78, 5) is 35.9. The molecule has 1 aliphatic carbocycles. The second-order valence-corrected chi connectivity index (χ2v) is 7.96. The van der Waals surface area contributed by atoms with Crippen molar-refractivity contribution in [2.75, 3.05) is 11.9 Å². The molecule has 0 unspecified atom stereocenters. The van der Waals surface area contributed by atoms with Gasteiger partial charge < -0.3 is 20.5 Å². The Hall–Kier alpha value is -4.14. The number of carboxylic acid groups (broad SMARTS) is 1. The fraction of sp³-hybridized carbons (Fsp3) is 0.250. The zero-order chi connectivity index (χ0) is 23.5. The van der Waals surface area contributed by atoms with Crippen LogP contribution in [0.2, 0.25) is 0 Å². The predicted molar refractivity (Wildman–Crippen MR) is 121 cm³/mol. The Kier molecular flexibility index (Phi) is 6.12. The number of amides is 2. The van der Waals surface area contributed by atoms with Gasteiger partial charge in [-0.25, -0.2) is 9.59 Å². The van der Waals surface area contributed by atoms with E-state index >= 15 is 0 Å². The van der Waals surface area contributed by atoms with Gasteiger partial charge in [-0.3, -0.25) is 9.48 Å². The van der Waals surface area contributed by atoms with Crippen LogP contribution >= 0.6 is 0 Å². The highest BCUT2D eigenvalue weighted by molar-refractivity contribution is 5.99. The van der Waals surface area contributed by atoms with Gasteiger partial charge >= 0.3 is 12.1 Å². The lowest BCUT2D eigenvalue weighted by Crippen LogP contribution is -2.36. The number of carbonyl (C=O) groups is 3. The number of alkyl carbamates (subject to hydrolysis) is 1. The number of anilines is 1. The number of ether oxygens (including phenoxy) is 1. The van der Waals surface area contributed by atoms with E-state index in [1.54, 1.807) is 6.92 Å². The molecule has 0 bridgehead atoms. The summed E-state index contributed by atoms with van der Waals surface area (Å²) in [7, 11) is 1.53. The molecule has 33 heavy (non-hydrogen) atoms. The minimum absolute atomic E-state index is 0.0546. The van der Waals surface area contributed by atoms with Crippen LogP contribution in [0.1, 0.15) is 40.7 Å². The molecular weight excluding hydrogens is 424 g/mol. The van der Waals surface area contributed by atoms with Gasteiger partial charge in [0.05, 0.1) is 6.20 Å². The second kappa shape index (κ2) is 9.15. The van der Waals surface area contributed by atoms with Crippen molar-refractivity contribution in [2.24, 2.45) is 7.05 Å². The molecule has 1 heterocycles. The van der Waals surface area contributed by atoms with Crippen molar-refractivity contribution in [3.8, 4) is 11.1 Å². The lowest BCUT2D eigenvalue weighted by Gasteiger charge is -2.17. The van der Waals surface area contributed by atoms with Crippen molar-refractivity contribution >= 4 is 23.8 Å². The molecule has 9 nitrogen and oxygen atoms in total. The third kappa shape index (κ3) is 4.57. The Balaban J connectivity index is 1.32. The number of aryl methyl sites for hydroxylation is 1. The first kappa shape index (κ1) is 22.1. The molecule has 9 heteroatoms. The van der Waals surface area contributed by atoms with Crippen LogP contribution in [0.5, 0.6) is 0 Å². The molecule has 4 rings (SSSR count). The summed E-state index contributed by atoms with van der Waals surface area (Å²) >= 11 is 0. The molecule has 0 spiro atoms. The van der Waals surface area contributed by atoms with Crippen molar-refractivity contribution in [1.29, 1.82) is 0 Å². The van der Waals surface area contributed by atoms with E-state index in [-0.39, 0.29) is 30.3 Å². The van der Waals surface area contributed by atoms with Gasteiger partial charge in [-0.2, -0.15) is 5.10 Å². The molecule has 170 valence electrons. The van der Waals surface area contributed by atoms with E-state index in [4.69, 9.17) is 4.74 Å². The largest absolute Gasteiger partial charge is 0.477 e. The first-order valence-electron chi connectivity index (χ1n) is 10.5. The van der Waals surface area contributed by atoms with Gasteiger partial charge in [-0.1, -0.05) is 48.5 Å². The van der Waals surface area contributed by atoms with Gasteiger partial charge in [-0.15, -0.1) is 0 Å². The van der Waals surface area contributed by atoms with Crippen LogP contribution in [0, 0.1) is 0 Å². The number of aromatic nitrogens is 2. The number of rotatable bonds is 7. The summed E-state index contributed by atoms with van der Waals surface area (Å²) in [5, 5.41) is 18.2. The Morgan fingerprint density at radius 1 is 1.09 bits per heavy atom. The van der Waals surface area contributed by atoms with Crippen LogP contribution in [0.15, 0.2) is 54.7 Å². The van der Waals surface area contributed by atoms with Crippen LogP contribution in [0.4, 0.5) is 10.6 Å². The molecule has 0 radical (unpaired) electrons. The fourth-order valence-electron chi connectivity index (χ4n) is 4.10. The summed E-state index contributed by atoms with van der Waals surface area (Å²) in [6.07, 6.45) is 0.481. The fourth-order valence-corrected chi connectivity index (χ4v) is 4.10. The van der Waals surface area contributed by atoms with Crippen molar-refractivity contribution in [3.63, 3.8) is 0 Å². The quantitative estimate of drug-likeness (QED) is 0.509. The number of fused-ring (bicyclic) bond motifs is 3. The first-order valence-corrected chi connectivity index (χ1v) is 10.5. The van der Waals surface area contributed by atoms with E-state index in [0.29, 0.717) is 0 Å². The van der Waals surface area contributed by atoms with Gasteiger partial charge in [0.2, 0.25) is 5.91 Å². The number of carbonyl (C=O) groups excluding carboxylic acids is 2. The van der Waals surface area contributed by atoms with Crippen molar-refractivity contribution in [2.45, 2.75) is 25.3 Å². The van der Waals surface area contributed by atoms with Crippen molar-refractivity contribution in [3.05, 3.63) is 71.4 Å². The van der Waals surface area contributed by atoms with Crippen LogP contribution in [-0.4, -0.2) is 45.5 Å². The first-order chi connectivity index (χ1) is 15.8. The number of benzene rings is 2. The normalized spacial score (nSPS) is 13.0. The summed E-state index contributed by atoms with van der Waals surface area (Å²) in [6, 6.07) is 15.6. The predicted octanol–water partition coefficient (Wildman–Crippen LogP) is 3.37. The van der Waals surface area contributed by atoms with Gasteiger partial charge in [0, 0.05) is 25.4 Å². The maximum atomic E-state index is 12.4. The van der Waals surface area contributed by atoms with E-state index in [1.165, 1.54) is 11.7 Å². The molecule has 2 aromatic carbocycles. The zero-order valence-electron chi connectivity index (χ0n) is 18.2. The molecule has 3 aromatic rings. The van der Waals surface area contributed by atoms with E-state index in [2.05, 4.69) is 27.9 Å². The standard InChI is InChI=1S/C24H24N4O5/c1-14(11-21(29)27-22-19(23(30)31)12-25-28(22)2)26-24(32)33-13-20-17-9-5-3-7-15(17)16-8-4-6-10-18(16)20/h3-10,12,14,20H,11,13H2,1-2H3,(H,26,32)(H,27,29)(H,30,31)/t14-/m1/s1.